The third-order valence-electron chi connectivity index (χ3n) is 3.83. The molecule has 1 saturated heterocycles. The van der Waals surface area contributed by atoms with E-state index in [1.165, 1.54) is 0 Å². The van der Waals surface area contributed by atoms with E-state index in [4.69, 9.17) is 10.5 Å². The van der Waals surface area contributed by atoms with Crippen LogP contribution < -0.4 is 11.1 Å². The van der Waals surface area contributed by atoms with Crippen molar-refractivity contribution >= 4 is 33.7 Å². The summed E-state index contributed by atoms with van der Waals surface area (Å²) in [5.74, 6) is 1.30. The molecule has 3 N–H and O–H groups in total. The molecular formula is C15H24BrN5O2. The Morgan fingerprint density at radius 2 is 2.43 bits per heavy atom. The number of nitrogens with zero attached hydrogens (tertiary/aromatic N) is 3. The van der Waals surface area contributed by atoms with E-state index in [2.05, 4.69) is 38.1 Å². The molecule has 0 bridgehead atoms. The molecule has 2 rings (SSSR count). The highest BCUT2D eigenvalue weighted by Gasteiger charge is 2.24. The summed E-state index contributed by atoms with van der Waals surface area (Å²) in [6.45, 7) is 4.74. The van der Waals surface area contributed by atoms with Gasteiger partial charge in [-0.25, -0.2) is 14.8 Å². The van der Waals surface area contributed by atoms with Gasteiger partial charge in [-0.05, 0) is 41.1 Å². The van der Waals surface area contributed by atoms with E-state index in [0.717, 1.165) is 32.2 Å². The van der Waals surface area contributed by atoms with Crippen molar-refractivity contribution in [3.8, 4) is 0 Å². The van der Waals surface area contributed by atoms with Crippen LogP contribution in [0.4, 0.5) is 16.4 Å². The number of hydrogen-bond donors (Lipinski definition) is 2. The van der Waals surface area contributed by atoms with Crippen LogP contribution in [-0.4, -0.2) is 47.2 Å². The van der Waals surface area contributed by atoms with Crippen LogP contribution >= 0.6 is 15.9 Å². The number of unbranched alkanes of at least 4 members (excludes halogenated alkanes) is 1. The van der Waals surface area contributed by atoms with Crippen molar-refractivity contribution < 1.29 is 9.53 Å². The fraction of sp³-hybridized carbons (Fsp3) is 0.667. The van der Waals surface area contributed by atoms with Crippen LogP contribution in [0.2, 0.25) is 0 Å². The number of nitrogens with one attached hydrogen (secondary N) is 1. The molecule has 0 aromatic carbocycles. The van der Waals surface area contributed by atoms with Gasteiger partial charge in [0, 0.05) is 19.6 Å². The van der Waals surface area contributed by atoms with Crippen molar-refractivity contribution in [2.24, 2.45) is 5.92 Å². The Hall–Kier alpha value is -1.57. The zero-order valence-corrected chi connectivity index (χ0v) is 15.0. The number of nitrogen functional groups attached to an aromatic ring is 1. The Kier molecular flexibility index (Phi) is 6.88. The summed E-state index contributed by atoms with van der Waals surface area (Å²) >= 11 is 3.28. The smallest absolute Gasteiger partial charge is 0.409 e. The van der Waals surface area contributed by atoms with Gasteiger partial charge < -0.3 is 20.7 Å². The number of carbonyl (C=O) groups excluding carboxylic acids is 1. The Bertz CT molecular complexity index is 529. The number of ether oxygens (including phenoxy) is 1. The highest BCUT2D eigenvalue weighted by molar-refractivity contribution is 9.10. The molecule has 1 aromatic rings. The molecule has 1 fully saturated rings. The number of amides is 1. The molecular weight excluding hydrogens is 362 g/mol. The second kappa shape index (κ2) is 8.90. The van der Waals surface area contributed by atoms with Gasteiger partial charge in [0.15, 0.2) is 11.6 Å². The molecule has 23 heavy (non-hydrogen) atoms. The molecule has 1 aromatic heterocycles. The standard InChI is InChI=1S/C15H24BrN5O2/c1-2-3-7-23-15(22)21-6-4-5-11(10-21)8-19-14-13(17)18-9-12(16)20-14/h9,11H,2-8,10H2,1H3,(H2,17,18)(H,19,20). The molecule has 1 aliphatic heterocycles. The third-order valence-corrected chi connectivity index (χ3v) is 4.21. The molecule has 1 unspecified atom stereocenters. The molecule has 8 heteroatoms. The first kappa shape index (κ1) is 17.8. The number of aromatic nitrogens is 2. The average Bonchev–Trinajstić information content (AvgIpc) is 2.56. The molecule has 128 valence electrons. The first-order valence-corrected chi connectivity index (χ1v) is 8.83. The number of likely N-dealkylation sites (tertiary alicyclic amines) is 1. The van der Waals surface area contributed by atoms with Crippen LogP contribution in [0.3, 0.4) is 0 Å². The summed E-state index contributed by atoms with van der Waals surface area (Å²) < 4.78 is 5.92. The topological polar surface area (TPSA) is 93.4 Å². The number of hydrogen-bond acceptors (Lipinski definition) is 6. The maximum atomic E-state index is 12.0. The lowest BCUT2D eigenvalue weighted by molar-refractivity contribution is 0.0848. The van der Waals surface area contributed by atoms with E-state index in [1.807, 2.05) is 0 Å². The minimum Gasteiger partial charge on any atom is -0.449 e. The minimum atomic E-state index is -0.204. The molecule has 7 nitrogen and oxygen atoms in total. The fourth-order valence-electron chi connectivity index (χ4n) is 2.54. The van der Waals surface area contributed by atoms with Crippen molar-refractivity contribution in [2.45, 2.75) is 32.6 Å². The quantitative estimate of drug-likeness (QED) is 0.731. The number of nitrogens with two attached hydrogens (primary N) is 1. The molecule has 1 atom stereocenters. The van der Waals surface area contributed by atoms with Crippen LogP contribution in [0.5, 0.6) is 0 Å². The van der Waals surface area contributed by atoms with Gasteiger partial charge in [0.05, 0.1) is 12.8 Å². The summed E-state index contributed by atoms with van der Waals surface area (Å²) in [5, 5.41) is 3.23. The van der Waals surface area contributed by atoms with Gasteiger partial charge in [0.1, 0.15) is 4.60 Å². The van der Waals surface area contributed by atoms with E-state index in [0.29, 0.717) is 41.9 Å². The lowest BCUT2D eigenvalue weighted by atomic mass is 9.98. The number of halogens is 1. The number of piperidine rings is 1. The van der Waals surface area contributed by atoms with Gasteiger partial charge in [-0.1, -0.05) is 13.3 Å². The summed E-state index contributed by atoms with van der Waals surface area (Å²) in [7, 11) is 0. The van der Waals surface area contributed by atoms with Crippen LogP contribution in [0.25, 0.3) is 0 Å². The maximum Gasteiger partial charge on any atom is 0.409 e. The Morgan fingerprint density at radius 3 is 3.22 bits per heavy atom. The molecule has 0 radical (unpaired) electrons. The third kappa shape index (κ3) is 5.53. The summed E-state index contributed by atoms with van der Waals surface area (Å²) in [6, 6.07) is 0. The van der Waals surface area contributed by atoms with E-state index in [9.17, 15) is 4.79 Å². The fourth-order valence-corrected chi connectivity index (χ4v) is 2.82. The number of anilines is 2. The predicted octanol–water partition coefficient (Wildman–Crippen LogP) is 2.88. The maximum absolute atomic E-state index is 12.0. The zero-order valence-electron chi connectivity index (χ0n) is 13.4. The Morgan fingerprint density at radius 1 is 1.61 bits per heavy atom. The molecule has 0 saturated carbocycles. The predicted molar refractivity (Wildman–Crippen MR) is 93.2 cm³/mol. The highest BCUT2D eigenvalue weighted by atomic mass is 79.9. The Labute approximate surface area is 145 Å². The summed E-state index contributed by atoms with van der Waals surface area (Å²) in [6.07, 6.45) is 5.34. The first-order chi connectivity index (χ1) is 11.1. The van der Waals surface area contributed by atoms with Crippen molar-refractivity contribution in [2.75, 3.05) is 37.3 Å². The van der Waals surface area contributed by atoms with Crippen LogP contribution in [0, 0.1) is 5.92 Å². The van der Waals surface area contributed by atoms with Gasteiger partial charge >= 0.3 is 6.09 Å². The van der Waals surface area contributed by atoms with Gasteiger partial charge in [-0.2, -0.15) is 0 Å². The van der Waals surface area contributed by atoms with E-state index in [1.54, 1.807) is 11.1 Å². The number of carbonyl (C=O) groups is 1. The highest BCUT2D eigenvalue weighted by Crippen LogP contribution is 2.20. The Balaban J connectivity index is 1.81. The number of rotatable bonds is 6. The van der Waals surface area contributed by atoms with Gasteiger partial charge in [0.25, 0.3) is 0 Å². The van der Waals surface area contributed by atoms with Gasteiger partial charge in [-0.3, -0.25) is 0 Å². The van der Waals surface area contributed by atoms with Crippen molar-refractivity contribution in [1.29, 1.82) is 0 Å². The zero-order chi connectivity index (χ0) is 16.7. The van der Waals surface area contributed by atoms with Crippen LogP contribution in [0.15, 0.2) is 10.8 Å². The molecule has 2 heterocycles. The average molecular weight is 386 g/mol. The van der Waals surface area contributed by atoms with E-state index in [-0.39, 0.29) is 6.09 Å². The first-order valence-electron chi connectivity index (χ1n) is 8.03. The lowest BCUT2D eigenvalue weighted by Gasteiger charge is -2.32. The van der Waals surface area contributed by atoms with Crippen LogP contribution in [0.1, 0.15) is 32.6 Å². The normalized spacial score (nSPS) is 17.8. The van der Waals surface area contributed by atoms with Crippen molar-refractivity contribution in [3.05, 3.63) is 10.8 Å². The lowest BCUT2D eigenvalue weighted by Crippen LogP contribution is -2.42. The van der Waals surface area contributed by atoms with Crippen molar-refractivity contribution in [3.63, 3.8) is 0 Å². The van der Waals surface area contributed by atoms with Gasteiger partial charge in [-0.15, -0.1) is 0 Å². The largest absolute Gasteiger partial charge is 0.449 e. The van der Waals surface area contributed by atoms with Crippen molar-refractivity contribution in [1.82, 2.24) is 14.9 Å². The molecule has 0 spiro atoms. The van der Waals surface area contributed by atoms with Crippen LogP contribution in [-0.2, 0) is 4.74 Å². The van der Waals surface area contributed by atoms with E-state index >= 15 is 0 Å². The molecule has 1 amide bonds. The minimum absolute atomic E-state index is 0.204. The summed E-state index contributed by atoms with van der Waals surface area (Å²) in [4.78, 5) is 22.1. The summed E-state index contributed by atoms with van der Waals surface area (Å²) in [5.41, 5.74) is 5.81. The van der Waals surface area contributed by atoms with Gasteiger partial charge in [0.2, 0.25) is 0 Å². The second-order valence-corrected chi connectivity index (χ2v) is 6.54. The second-order valence-electron chi connectivity index (χ2n) is 5.73. The molecule has 1 aliphatic rings. The monoisotopic (exact) mass is 385 g/mol. The SMILES string of the molecule is CCCCOC(=O)N1CCCC(CNc2nc(Br)cnc2N)C1. The van der Waals surface area contributed by atoms with E-state index < -0.39 is 0 Å². The molecule has 0 aliphatic carbocycles.